The Morgan fingerprint density at radius 3 is 2.75 bits per heavy atom. The molecule has 0 aliphatic carbocycles. The lowest BCUT2D eigenvalue weighted by Gasteiger charge is -2.40. The number of carbonyl (C=O) groups is 2. The normalized spacial score (nSPS) is 17.9. The minimum atomic E-state index is -0.810. The fraction of sp³-hybridized carbons (Fsp3) is 0.455. The number of carbonyl (C=O) groups excluding carboxylic acids is 1. The lowest BCUT2D eigenvalue weighted by atomic mass is 9.87. The SMILES string of the molecule is CC(C(=O)O)C1CN(C(=O)c2ccco2)C1. The summed E-state index contributed by atoms with van der Waals surface area (Å²) in [7, 11) is 0. The standard InChI is InChI=1S/C11H13NO4/c1-7(11(14)15)8-5-12(6-8)10(13)9-3-2-4-16-9/h2-4,7-8H,5-6H2,1H3,(H,14,15). The van der Waals surface area contributed by atoms with E-state index in [4.69, 9.17) is 9.52 Å². The molecule has 86 valence electrons. The van der Waals surface area contributed by atoms with Crippen molar-refractivity contribution >= 4 is 11.9 Å². The van der Waals surface area contributed by atoms with E-state index in [1.54, 1.807) is 24.0 Å². The molecule has 1 fully saturated rings. The second-order valence-electron chi connectivity index (χ2n) is 4.07. The minimum absolute atomic E-state index is 0.0522. The number of amides is 1. The first-order valence-electron chi connectivity index (χ1n) is 5.15. The maximum absolute atomic E-state index is 11.7. The van der Waals surface area contributed by atoms with Crippen LogP contribution >= 0.6 is 0 Å². The lowest BCUT2D eigenvalue weighted by molar-refractivity contribution is -0.144. The molecular formula is C11H13NO4. The Hall–Kier alpha value is -1.78. The molecule has 0 spiro atoms. The topological polar surface area (TPSA) is 70.8 Å². The van der Waals surface area contributed by atoms with Crippen molar-refractivity contribution in [2.45, 2.75) is 6.92 Å². The number of carboxylic acid groups (broad SMARTS) is 1. The van der Waals surface area contributed by atoms with Gasteiger partial charge in [0.1, 0.15) is 0 Å². The fourth-order valence-corrected chi connectivity index (χ4v) is 1.75. The van der Waals surface area contributed by atoms with Crippen molar-refractivity contribution in [2.24, 2.45) is 11.8 Å². The molecule has 1 aliphatic rings. The molecular weight excluding hydrogens is 210 g/mol. The second kappa shape index (κ2) is 4.00. The number of nitrogens with zero attached hydrogens (tertiary/aromatic N) is 1. The van der Waals surface area contributed by atoms with Crippen molar-refractivity contribution in [3.63, 3.8) is 0 Å². The average molecular weight is 223 g/mol. The summed E-state index contributed by atoms with van der Waals surface area (Å²) in [6.45, 7) is 2.65. The van der Waals surface area contributed by atoms with Crippen LogP contribution in [0.5, 0.6) is 0 Å². The fourth-order valence-electron chi connectivity index (χ4n) is 1.75. The van der Waals surface area contributed by atoms with E-state index in [-0.39, 0.29) is 11.8 Å². The summed E-state index contributed by atoms with van der Waals surface area (Å²) < 4.78 is 4.99. The predicted octanol–water partition coefficient (Wildman–Crippen LogP) is 1.07. The number of hydrogen-bond acceptors (Lipinski definition) is 3. The zero-order valence-corrected chi connectivity index (χ0v) is 8.92. The predicted molar refractivity (Wildman–Crippen MR) is 54.9 cm³/mol. The third-order valence-electron chi connectivity index (χ3n) is 3.03. The first-order valence-corrected chi connectivity index (χ1v) is 5.15. The summed E-state index contributed by atoms with van der Waals surface area (Å²) in [5, 5.41) is 8.80. The third-order valence-corrected chi connectivity index (χ3v) is 3.03. The summed E-state index contributed by atoms with van der Waals surface area (Å²) >= 11 is 0. The summed E-state index contributed by atoms with van der Waals surface area (Å²) in [5.41, 5.74) is 0. The highest BCUT2D eigenvalue weighted by Crippen LogP contribution is 2.25. The quantitative estimate of drug-likeness (QED) is 0.832. The van der Waals surface area contributed by atoms with Crippen molar-refractivity contribution in [2.75, 3.05) is 13.1 Å². The monoisotopic (exact) mass is 223 g/mol. The Bertz CT molecular complexity index is 392. The van der Waals surface area contributed by atoms with Gasteiger partial charge in [0.05, 0.1) is 12.2 Å². The summed E-state index contributed by atoms with van der Waals surface area (Å²) in [6.07, 6.45) is 1.45. The Balaban J connectivity index is 1.89. The van der Waals surface area contributed by atoms with Crippen LogP contribution in [-0.2, 0) is 4.79 Å². The van der Waals surface area contributed by atoms with Gasteiger partial charge in [-0.1, -0.05) is 6.92 Å². The lowest BCUT2D eigenvalue weighted by Crippen LogP contribution is -2.53. The molecule has 2 heterocycles. The molecule has 1 aromatic heterocycles. The first-order chi connectivity index (χ1) is 7.59. The number of furan rings is 1. The van der Waals surface area contributed by atoms with Gasteiger partial charge in [0.25, 0.3) is 5.91 Å². The Labute approximate surface area is 92.7 Å². The molecule has 16 heavy (non-hydrogen) atoms. The highest BCUT2D eigenvalue weighted by molar-refractivity contribution is 5.92. The van der Waals surface area contributed by atoms with E-state index in [0.29, 0.717) is 18.8 Å². The maximum Gasteiger partial charge on any atom is 0.306 e. The Morgan fingerprint density at radius 1 is 1.56 bits per heavy atom. The van der Waals surface area contributed by atoms with Gasteiger partial charge in [0.15, 0.2) is 5.76 Å². The van der Waals surface area contributed by atoms with Gasteiger partial charge in [-0.15, -0.1) is 0 Å². The molecule has 5 nitrogen and oxygen atoms in total. The number of carboxylic acids is 1. The van der Waals surface area contributed by atoms with Gasteiger partial charge in [-0.3, -0.25) is 9.59 Å². The van der Waals surface area contributed by atoms with Gasteiger partial charge >= 0.3 is 5.97 Å². The Morgan fingerprint density at radius 2 is 2.25 bits per heavy atom. The molecule has 1 aromatic rings. The molecule has 2 rings (SSSR count). The Kier molecular flexibility index (Phi) is 2.68. The second-order valence-corrected chi connectivity index (χ2v) is 4.07. The van der Waals surface area contributed by atoms with Gasteiger partial charge in [0.2, 0.25) is 0 Å². The average Bonchev–Trinajstić information content (AvgIpc) is 2.67. The molecule has 0 saturated carbocycles. The van der Waals surface area contributed by atoms with Crippen LogP contribution in [0.25, 0.3) is 0 Å². The largest absolute Gasteiger partial charge is 0.481 e. The van der Waals surface area contributed by atoms with Gasteiger partial charge in [-0.05, 0) is 12.1 Å². The van der Waals surface area contributed by atoms with Crippen molar-refractivity contribution in [1.29, 1.82) is 0 Å². The van der Waals surface area contributed by atoms with E-state index in [9.17, 15) is 9.59 Å². The summed E-state index contributed by atoms with van der Waals surface area (Å²) in [4.78, 5) is 24.0. The number of aliphatic carboxylic acids is 1. The molecule has 1 N–H and O–H groups in total. The number of hydrogen-bond donors (Lipinski definition) is 1. The molecule has 0 aromatic carbocycles. The van der Waals surface area contributed by atoms with Crippen molar-refractivity contribution in [1.82, 2.24) is 4.90 Å². The number of rotatable bonds is 3. The molecule has 0 bridgehead atoms. The van der Waals surface area contributed by atoms with E-state index in [0.717, 1.165) is 0 Å². The minimum Gasteiger partial charge on any atom is -0.481 e. The highest BCUT2D eigenvalue weighted by atomic mass is 16.4. The van der Waals surface area contributed by atoms with Crippen LogP contribution in [0.4, 0.5) is 0 Å². The van der Waals surface area contributed by atoms with E-state index in [1.165, 1.54) is 6.26 Å². The number of likely N-dealkylation sites (tertiary alicyclic amines) is 1. The van der Waals surface area contributed by atoms with Crippen molar-refractivity contribution < 1.29 is 19.1 Å². The van der Waals surface area contributed by atoms with Crippen LogP contribution in [0.15, 0.2) is 22.8 Å². The molecule has 1 atom stereocenters. The molecule has 1 saturated heterocycles. The van der Waals surface area contributed by atoms with Gasteiger partial charge in [-0.25, -0.2) is 0 Å². The zero-order chi connectivity index (χ0) is 11.7. The summed E-state index contributed by atoms with van der Waals surface area (Å²) in [5.74, 6) is -1.02. The summed E-state index contributed by atoms with van der Waals surface area (Å²) in [6, 6.07) is 3.26. The van der Waals surface area contributed by atoms with Crippen LogP contribution in [0.2, 0.25) is 0 Å². The van der Waals surface area contributed by atoms with Crippen molar-refractivity contribution in [3.8, 4) is 0 Å². The van der Waals surface area contributed by atoms with Crippen LogP contribution in [0.1, 0.15) is 17.5 Å². The molecule has 1 aliphatic heterocycles. The van der Waals surface area contributed by atoms with Crippen LogP contribution < -0.4 is 0 Å². The first kappa shape index (κ1) is 10.7. The van der Waals surface area contributed by atoms with Gasteiger partial charge < -0.3 is 14.4 Å². The molecule has 0 radical (unpaired) electrons. The van der Waals surface area contributed by atoms with Crippen LogP contribution in [-0.4, -0.2) is 35.0 Å². The highest BCUT2D eigenvalue weighted by Gasteiger charge is 2.38. The van der Waals surface area contributed by atoms with Crippen molar-refractivity contribution in [3.05, 3.63) is 24.2 Å². The van der Waals surface area contributed by atoms with Crippen LogP contribution in [0, 0.1) is 11.8 Å². The smallest absolute Gasteiger partial charge is 0.306 e. The zero-order valence-electron chi connectivity index (χ0n) is 8.92. The van der Waals surface area contributed by atoms with Gasteiger partial charge in [-0.2, -0.15) is 0 Å². The van der Waals surface area contributed by atoms with E-state index in [1.807, 2.05) is 0 Å². The van der Waals surface area contributed by atoms with E-state index in [2.05, 4.69) is 0 Å². The van der Waals surface area contributed by atoms with Gasteiger partial charge in [0, 0.05) is 19.0 Å². The molecule has 5 heteroatoms. The third kappa shape index (κ3) is 1.80. The van der Waals surface area contributed by atoms with Crippen LogP contribution in [0.3, 0.4) is 0 Å². The maximum atomic E-state index is 11.7. The van der Waals surface area contributed by atoms with E-state index >= 15 is 0 Å². The van der Waals surface area contributed by atoms with E-state index < -0.39 is 11.9 Å². The molecule has 1 unspecified atom stereocenters. The molecule has 1 amide bonds.